The van der Waals surface area contributed by atoms with Gasteiger partial charge in [0.15, 0.2) is 5.82 Å². The van der Waals surface area contributed by atoms with E-state index in [4.69, 9.17) is 9.26 Å². The number of rotatable bonds is 6. The van der Waals surface area contributed by atoms with Crippen molar-refractivity contribution in [2.75, 3.05) is 5.32 Å². The molecule has 8 nitrogen and oxygen atoms in total. The molecular weight excluding hydrogens is 372 g/mol. The zero-order chi connectivity index (χ0) is 21.2. The van der Waals surface area contributed by atoms with Crippen molar-refractivity contribution in [3.8, 4) is 0 Å². The van der Waals surface area contributed by atoms with E-state index in [9.17, 15) is 9.59 Å². The van der Waals surface area contributed by atoms with Gasteiger partial charge in [0.1, 0.15) is 11.6 Å². The first-order valence-corrected chi connectivity index (χ1v) is 9.87. The molecule has 2 aromatic rings. The van der Waals surface area contributed by atoms with Crippen LogP contribution in [-0.2, 0) is 4.74 Å². The van der Waals surface area contributed by atoms with E-state index in [1.807, 2.05) is 13.8 Å². The molecule has 1 heterocycles. The highest BCUT2D eigenvalue weighted by Gasteiger charge is 2.31. The quantitative estimate of drug-likeness (QED) is 0.743. The molecule has 0 aliphatic heterocycles. The average molecular weight is 400 g/mol. The van der Waals surface area contributed by atoms with Crippen molar-refractivity contribution in [1.29, 1.82) is 0 Å². The van der Waals surface area contributed by atoms with Crippen molar-refractivity contribution >= 4 is 17.7 Å². The van der Waals surface area contributed by atoms with Crippen molar-refractivity contribution in [3.05, 3.63) is 41.5 Å². The molecule has 0 bridgehead atoms. The minimum atomic E-state index is -0.604. The van der Waals surface area contributed by atoms with E-state index in [1.54, 1.807) is 45.0 Å². The van der Waals surface area contributed by atoms with Crippen LogP contribution in [0.5, 0.6) is 0 Å². The van der Waals surface area contributed by atoms with Crippen LogP contribution in [0.3, 0.4) is 0 Å². The molecule has 1 unspecified atom stereocenters. The van der Waals surface area contributed by atoms with E-state index in [-0.39, 0.29) is 11.8 Å². The number of aromatic nitrogens is 2. The first-order valence-electron chi connectivity index (χ1n) is 9.87. The van der Waals surface area contributed by atoms with Crippen molar-refractivity contribution in [1.82, 2.24) is 15.5 Å². The van der Waals surface area contributed by atoms with Gasteiger partial charge in [-0.2, -0.15) is 4.98 Å². The Kier molecular flexibility index (Phi) is 5.91. The topological polar surface area (TPSA) is 106 Å². The van der Waals surface area contributed by atoms with Gasteiger partial charge in [-0.3, -0.25) is 10.1 Å². The van der Waals surface area contributed by atoms with Crippen LogP contribution in [0.15, 0.2) is 28.8 Å². The number of nitrogens with zero attached hydrogens (tertiary/aromatic N) is 2. The second-order valence-electron chi connectivity index (χ2n) is 8.67. The normalized spacial score (nSPS) is 15.1. The molecule has 1 aliphatic rings. The molecule has 1 saturated carbocycles. The Bertz CT molecular complexity index is 881. The smallest absolute Gasteiger partial charge is 0.412 e. The standard InChI is InChI=1S/C21H28N4O4/c1-12(2)16(19-24-17(25-29-19)13-9-10-13)23-18(26)14-7-6-8-15(11-14)22-20(27)28-21(3,4)5/h6-8,11-13,16H,9-10H2,1-5H3,(H,22,27)(H,23,26). The maximum atomic E-state index is 12.8. The molecule has 8 heteroatoms. The largest absolute Gasteiger partial charge is 0.444 e. The average Bonchev–Trinajstić information content (AvgIpc) is 3.35. The monoisotopic (exact) mass is 400 g/mol. The van der Waals surface area contributed by atoms with Gasteiger partial charge in [-0.05, 0) is 57.7 Å². The molecule has 3 rings (SSSR count). The lowest BCUT2D eigenvalue weighted by Gasteiger charge is -2.20. The number of carbonyl (C=O) groups excluding carboxylic acids is 2. The maximum Gasteiger partial charge on any atom is 0.412 e. The first-order chi connectivity index (χ1) is 13.6. The van der Waals surface area contributed by atoms with Gasteiger partial charge in [0.2, 0.25) is 5.89 Å². The van der Waals surface area contributed by atoms with Crippen molar-refractivity contribution in [2.24, 2.45) is 5.92 Å². The minimum Gasteiger partial charge on any atom is -0.444 e. The van der Waals surface area contributed by atoms with E-state index < -0.39 is 17.7 Å². The van der Waals surface area contributed by atoms with Gasteiger partial charge >= 0.3 is 6.09 Å². The predicted octanol–water partition coefficient (Wildman–Crippen LogP) is 4.42. The van der Waals surface area contributed by atoms with Gasteiger partial charge in [0.25, 0.3) is 5.91 Å². The van der Waals surface area contributed by atoms with Gasteiger partial charge < -0.3 is 14.6 Å². The lowest BCUT2D eigenvalue weighted by atomic mass is 10.0. The number of carbonyl (C=O) groups is 2. The number of ether oxygens (including phenoxy) is 1. The first kappa shape index (κ1) is 20.8. The third-order valence-corrected chi connectivity index (χ3v) is 4.39. The minimum absolute atomic E-state index is 0.0644. The fourth-order valence-corrected chi connectivity index (χ4v) is 2.78. The lowest BCUT2D eigenvalue weighted by molar-refractivity contribution is 0.0635. The molecule has 1 aliphatic carbocycles. The summed E-state index contributed by atoms with van der Waals surface area (Å²) >= 11 is 0. The summed E-state index contributed by atoms with van der Waals surface area (Å²) in [5.41, 5.74) is 0.278. The van der Waals surface area contributed by atoms with Crippen LogP contribution >= 0.6 is 0 Å². The maximum absolute atomic E-state index is 12.8. The second-order valence-corrected chi connectivity index (χ2v) is 8.67. The molecule has 2 N–H and O–H groups in total. The fourth-order valence-electron chi connectivity index (χ4n) is 2.78. The molecule has 0 radical (unpaired) electrons. The Morgan fingerprint density at radius 1 is 1.24 bits per heavy atom. The summed E-state index contributed by atoms with van der Waals surface area (Å²) in [5, 5.41) is 9.64. The SMILES string of the molecule is CC(C)C(NC(=O)c1cccc(NC(=O)OC(C)(C)C)c1)c1nc(C2CC2)no1. The highest BCUT2D eigenvalue weighted by molar-refractivity contribution is 5.96. The van der Waals surface area contributed by atoms with Crippen LogP contribution in [0.2, 0.25) is 0 Å². The molecule has 1 aromatic heterocycles. The van der Waals surface area contributed by atoms with E-state index in [1.165, 1.54) is 0 Å². The number of amides is 2. The molecule has 29 heavy (non-hydrogen) atoms. The summed E-state index contributed by atoms with van der Waals surface area (Å²) in [5.74, 6) is 1.28. The van der Waals surface area contributed by atoms with Crippen molar-refractivity contribution < 1.29 is 18.8 Å². The highest BCUT2D eigenvalue weighted by atomic mass is 16.6. The summed E-state index contributed by atoms with van der Waals surface area (Å²) in [4.78, 5) is 29.2. The number of benzene rings is 1. The number of anilines is 1. The van der Waals surface area contributed by atoms with Crippen LogP contribution in [0, 0.1) is 5.92 Å². The number of hydrogen-bond acceptors (Lipinski definition) is 6. The van der Waals surface area contributed by atoms with E-state index in [0.717, 1.165) is 12.8 Å². The van der Waals surface area contributed by atoms with Gasteiger partial charge in [0, 0.05) is 17.2 Å². The zero-order valence-corrected chi connectivity index (χ0v) is 17.5. The van der Waals surface area contributed by atoms with E-state index in [2.05, 4.69) is 20.8 Å². The van der Waals surface area contributed by atoms with Crippen LogP contribution < -0.4 is 10.6 Å². The number of nitrogens with one attached hydrogen (secondary N) is 2. The molecule has 1 atom stereocenters. The molecule has 0 saturated heterocycles. The lowest BCUT2D eigenvalue weighted by Crippen LogP contribution is -2.32. The summed E-state index contributed by atoms with van der Waals surface area (Å²) in [6.07, 6.45) is 1.58. The summed E-state index contributed by atoms with van der Waals surface area (Å²) in [6.45, 7) is 9.32. The molecule has 1 aromatic carbocycles. The van der Waals surface area contributed by atoms with Gasteiger partial charge in [0.05, 0.1) is 0 Å². The van der Waals surface area contributed by atoms with Gasteiger partial charge in [-0.1, -0.05) is 25.1 Å². The Morgan fingerprint density at radius 3 is 2.59 bits per heavy atom. The summed E-state index contributed by atoms with van der Waals surface area (Å²) < 4.78 is 10.6. The molecule has 156 valence electrons. The Morgan fingerprint density at radius 2 is 1.97 bits per heavy atom. The summed E-state index contributed by atoms with van der Waals surface area (Å²) in [6, 6.07) is 6.27. The van der Waals surface area contributed by atoms with Gasteiger partial charge in [-0.15, -0.1) is 0 Å². The van der Waals surface area contributed by atoms with Gasteiger partial charge in [-0.25, -0.2) is 4.79 Å². The van der Waals surface area contributed by atoms with E-state index in [0.29, 0.717) is 28.9 Å². The Balaban J connectivity index is 1.69. The Hall–Kier alpha value is -2.90. The molecule has 0 spiro atoms. The van der Waals surface area contributed by atoms with Crippen LogP contribution in [-0.4, -0.2) is 27.7 Å². The molecule has 1 fully saturated rings. The summed E-state index contributed by atoms with van der Waals surface area (Å²) in [7, 11) is 0. The van der Waals surface area contributed by atoms with Crippen LogP contribution in [0.1, 0.15) is 81.5 Å². The van der Waals surface area contributed by atoms with Crippen LogP contribution in [0.25, 0.3) is 0 Å². The van der Waals surface area contributed by atoms with Crippen LogP contribution in [0.4, 0.5) is 10.5 Å². The third kappa shape index (κ3) is 5.79. The molecular formula is C21H28N4O4. The zero-order valence-electron chi connectivity index (χ0n) is 17.5. The van der Waals surface area contributed by atoms with Crippen molar-refractivity contribution in [2.45, 2.75) is 65.0 Å². The number of hydrogen-bond donors (Lipinski definition) is 2. The fraction of sp³-hybridized carbons (Fsp3) is 0.524. The third-order valence-electron chi connectivity index (χ3n) is 4.39. The Labute approximate surface area is 170 Å². The second kappa shape index (κ2) is 8.23. The van der Waals surface area contributed by atoms with Crippen molar-refractivity contribution in [3.63, 3.8) is 0 Å². The molecule has 2 amide bonds. The highest BCUT2D eigenvalue weighted by Crippen LogP contribution is 2.38. The predicted molar refractivity (Wildman–Crippen MR) is 108 cm³/mol. The van der Waals surface area contributed by atoms with E-state index >= 15 is 0 Å².